The van der Waals surface area contributed by atoms with Gasteiger partial charge in [-0.25, -0.2) is 4.98 Å². The van der Waals surface area contributed by atoms with Crippen molar-refractivity contribution in [2.75, 3.05) is 50.6 Å². The van der Waals surface area contributed by atoms with Crippen molar-refractivity contribution in [2.45, 2.75) is 6.54 Å². The third-order valence-electron chi connectivity index (χ3n) is 6.04. The van der Waals surface area contributed by atoms with E-state index in [1.807, 2.05) is 53.1 Å². The third-order valence-corrected chi connectivity index (χ3v) is 6.32. The van der Waals surface area contributed by atoms with E-state index in [-0.39, 0.29) is 0 Å². The number of methoxy groups -OCH3 is 1. The molecule has 4 heterocycles. The molecular formula is C24H26ClN7O. The van der Waals surface area contributed by atoms with Crippen molar-refractivity contribution in [3.05, 3.63) is 65.6 Å². The molecule has 4 aromatic rings. The molecule has 1 N–H and O–H groups in total. The number of halogens is 1. The molecule has 1 aliphatic heterocycles. The van der Waals surface area contributed by atoms with Gasteiger partial charge in [0, 0.05) is 55.6 Å². The predicted molar refractivity (Wildman–Crippen MR) is 131 cm³/mol. The van der Waals surface area contributed by atoms with Gasteiger partial charge in [-0.05, 0) is 31.3 Å². The van der Waals surface area contributed by atoms with Crippen LogP contribution in [0.15, 0.2) is 55.0 Å². The number of rotatable bonds is 6. The maximum Gasteiger partial charge on any atom is 0.170 e. The van der Waals surface area contributed by atoms with Gasteiger partial charge in [-0.1, -0.05) is 29.8 Å². The van der Waals surface area contributed by atoms with E-state index >= 15 is 0 Å². The number of hydrogen-bond acceptors (Lipinski definition) is 7. The number of anilines is 2. The first-order chi connectivity index (χ1) is 16.1. The van der Waals surface area contributed by atoms with Crippen LogP contribution in [0.5, 0.6) is 5.75 Å². The Hall–Kier alpha value is -3.36. The van der Waals surface area contributed by atoms with E-state index in [9.17, 15) is 0 Å². The number of benzene rings is 1. The summed E-state index contributed by atoms with van der Waals surface area (Å²) in [7, 11) is 3.81. The molecule has 0 aliphatic carbocycles. The Bertz CT molecular complexity index is 1270. The van der Waals surface area contributed by atoms with Gasteiger partial charge >= 0.3 is 0 Å². The van der Waals surface area contributed by atoms with Gasteiger partial charge < -0.3 is 19.9 Å². The normalized spacial score (nSPS) is 14.6. The Morgan fingerprint density at radius 1 is 1.09 bits per heavy atom. The number of ether oxygens (including phenoxy) is 1. The minimum Gasteiger partial charge on any atom is -0.496 e. The molecule has 0 amide bonds. The van der Waals surface area contributed by atoms with Gasteiger partial charge in [0.25, 0.3) is 0 Å². The smallest absolute Gasteiger partial charge is 0.170 e. The van der Waals surface area contributed by atoms with Crippen LogP contribution in [0, 0.1) is 0 Å². The molecule has 1 aliphatic rings. The maximum atomic E-state index is 6.67. The Kier molecular flexibility index (Phi) is 6.02. The van der Waals surface area contributed by atoms with E-state index in [2.05, 4.69) is 32.4 Å². The lowest BCUT2D eigenvalue weighted by molar-refractivity contribution is 0.312. The molecule has 0 atom stereocenters. The highest BCUT2D eigenvalue weighted by molar-refractivity contribution is 6.33. The Morgan fingerprint density at radius 2 is 1.91 bits per heavy atom. The zero-order chi connectivity index (χ0) is 22.8. The quantitative estimate of drug-likeness (QED) is 0.466. The Morgan fingerprint density at radius 3 is 2.70 bits per heavy atom. The predicted octanol–water partition coefficient (Wildman–Crippen LogP) is 3.82. The zero-order valence-electron chi connectivity index (χ0n) is 18.7. The number of aromatic nitrogens is 4. The van der Waals surface area contributed by atoms with Crippen LogP contribution in [0.2, 0.25) is 5.02 Å². The molecule has 3 aromatic heterocycles. The van der Waals surface area contributed by atoms with Crippen LogP contribution >= 0.6 is 11.6 Å². The molecule has 0 unspecified atom stereocenters. The number of likely N-dealkylation sites (N-methyl/N-ethyl adjacent to an activating group) is 1. The summed E-state index contributed by atoms with van der Waals surface area (Å²) in [6.07, 6.45) is 3.57. The minimum atomic E-state index is 0.615. The lowest BCUT2D eigenvalue weighted by atomic mass is 10.1. The SMILES string of the molecule is COc1ccccc1CNc1ccc(-c2cnc(N3CCN(C)CC3)c(Cl)c2)c2nncn12. The molecule has 9 heteroatoms. The second kappa shape index (κ2) is 9.25. The van der Waals surface area contributed by atoms with Gasteiger partial charge in [-0.15, -0.1) is 10.2 Å². The Balaban J connectivity index is 1.41. The molecule has 1 saturated heterocycles. The van der Waals surface area contributed by atoms with E-state index in [0.717, 1.165) is 65.9 Å². The first kappa shape index (κ1) is 21.5. The summed E-state index contributed by atoms with van der Waals surface area (Å²) >= 11 is 6.67. The van der Waals surface area contributed by atoms with Crippen molar-refractivity contribution in [3.8, 4) is 16.9 Å². The van der Waals surface area contributed by atoms with E-state index in [1.165, 1.54) is 0 Å². The topological polar surface area (TPSA) is 70.8 Å². The van der Waals surface area contributed by atoms with Crippen LogP contribution in [-0.2, 0) is 6.54 Å². The summed E-state index contributed by atoms with van der Waals surface area (Å²) in [5.41, 5.74) is 3.65. The van der Waals surface area contributed by atoms with E-state index in [1.54, 1.807) is 13.4 Å². The molecular weight excluding hydrogens is 438 g/mol. The van der Waals surface area contributed by atoms with Crippen molar-refractivity contribution >= 4 is 28.9 Å². The molecule has 170 valence electrons. The van der Waals surface area contributed by atoms with Gasteiger partial charge in [0.05, 0.1) is 12.1 Å². The molecule has 0 saturated carbocycles. The number of nitrogens with zero attached hydrogens (tertiary/aromatic N) is 6. The highest BCUT2D eigenvalue weighted by atomic mass is 35.5. The largest absolute Gasteiger partial charge is 0.496 e. The number of nitrogens with one attached hydrogen (secondary N) is 1. The van der Waals surface area contributed by atoms with Crippen molar-refractivity contribution < 1.29 is 4.74 Å². The van der Waals surface area contributed by atoms with Gasteiger partial charge in [-0.2, -0.15) is 0 Å². The van der Waals surface area contributed by atoms with Gasteiger partial charge in [0.15, 0.2) is 5.65 Å². The van der Waals surface area contributed by atoms with Crippen molar-refractivity contribution in [1.82, 2.24) is 24.5 Å². The van der Waals surface area contributed by atoms with Crippen LogP contribution in [0.1, 0.15) is 5.56 Å². The van der Waals surface area contributed by atoms with Gasteiger partial charge in [-0.3, -0.25) is 4.40 Å². The fraction of sp³-hybridized carbons (Fsp3) is 0.292. The average Bonchev–Trinajstić information content (AvgIpc) is 3.34. The molecule has 1 fully saturated rings. The van der Waals surface area contributed by atoms with E-state index in [4.69, 9.17) is 21.3 Å². The first-order valence-electron chi connectivity index (χ1n) is 10.9. The summed E-state index contributed by atoms with van der Waals surface area (Å²) in [6, 6.07) is 14.0. The molecule has 5 rings (SSSR count). The van der Waals surface area contributed by atoms with Crippen LogP contribution in [0.3, 0.4) is 0 Å². The monoisotopic (exact) mass is 463 g/mol. The summed E-state index contributed by atoms with van der Waals surface area (Å²) in [5, 5.41) is 12.6. The summed E-state index contributed by atoms with van der Waals surface area (Å²) < 4.78 is 7.39. The lowest BCUT2D eigenvalue weighted by Gasteiger charge is -2.33. The lowest BCUT2D eigenvalue weighted by Crippen LogP contribution is -2.44. The third kappa shape index (κ3) is 4.31. The Labute approximate surface area is 197 Å². The van der Waals surface area contributed by atoms with Crippen molar-refractivity contribution in [1.29, 1.82) is 0 Å². The molecule has 0 spiro atoms. The van der Waals surface area contributed by atoms with Crippen LogP contribution < -0.4 is 15.0 Å². The molecule has 0 bridgehead atoms. The number of fused-ring (bicyclic) bond motifs is 1. The maximum absolute atomic E-state index is 6.67. The highest BCUT2D eigenvalue weighted by Gasteiger charge is 2.19. The fourth-order valence-electron chi connectivity index (χ4n) is 4.15. The number of para-hydroxylation sites is 1. The summed E-state index contributed by atoms with van der Waals surface area (Å²) in [6.45, 7) is 4.46. The van der Waals surface area contributed by atoms with Crippen molar-refractivity contribution in [3.63, 3.8) is 0 Å². The minimum absolute atomic E-state index is 0.615. The van der Waals surface area contributed by atoms with Crippen LogP contribution in [-0.4, -0.2) is 64.8 Å². The van der Waals surface area contributed by atoms with Crippen LogP contribution in [0.4, 0.5) is 11.6 Å². The van der Waals surface area contributed by atoms with Gasteiger partial charge in [0.2, 0.25) is 0 Å². The van der Waals surface area contributed by atoms with Crippen molar-refractivity contribution in [2.24, 2.45) is 0 Å². The van der Waals surface area contributed by atoms with Gasteiger partial charge in [0.1, 0.15) is 23.7 Å². The zero-order valence-corrected chi connectivity index (χ0v) is 19.5. The molecule has 0 radical (unpaired) electrons. The molecule has 1 aromatic carbocycles. The average molecular weight is 464 g/mol. The van der Waals surface area contributed by atoms with Crippen LogP contribution in [0.25, 0.3) is 16.8 Å². The van der Waals surface area contributed by atoms with E-state index < -0.39 is 0 Å². The first-order valence-corrected chi connectivity index (χ1v) is 11.3. The fourth-order valence-corrected chi connectivity index (χ4v) is 4.43. The standard InChI is InChI=1S/C24H26ClN7O/c1-30-9-11-31(12-10-30)24-20(25)13-18(15-27-24)19-7-8-22(32-16-28-29-23(19)32)26-14-17-5-3-4-6-21(17)33-2/h3-8,13,15-16,26H,9-12,14H2,1-2H3. The summed E-state index contributed by atoms with van der Waals surface area (Å²) in [4.78, 5) is 9.25. The highest BCUT2D eigenvalue weighted by Crippen LogP contribution is 2.32. The number of piperazine rings is 1. The second-order valence-electron chi connectivity index (χ2n) is 8.14. The number of hydrogen-bond donors (Lipinski definition) is 1. The summed E-state index contributed by atoms with van der Waals surface area (Å²) in [5.74, 6) is 2.57. The van der Waals surface area contributed by atoms with E-state index in [0.29, 0.717) is 11.6 Å². The molecule has 8 nitrogen and oxygen atoms in total. The molecule has 33 heavy (non-hydrogen) atoms. The second-order valence-corrected chi connectivity index (χ2v) is 8.55. The number of pyridine rings is 2.